The summed E-state index contributed by atoms with van der Waals surface area (Å²) in [5.74, 6) is 0. The number of halogens is 2. The quantitative estimate of drug-likeness (QED) is 0.850. The first-order valence-electron chi connectivity index (χ1n) is 3.08. The molecule has 1 heterocycles. The Kier molecular flexibility index (Phi) is 3.47. The van der Waals surface area contributed by atoms with Crippen LogP contribution in [0.2, 0.25) is 0 Å². The summed E-state index contributed by atoms with van der Waals surface area (Å²) in [4.78, 5) is 1.47. The molecule has 1 aromatic rings. The molecule has 62 valence electrons. The van der Waals surface area contributed by atoms with Crippen LogP contribution in [0.15, 0.2) is 9.21 Å². The minimum absolute atomic E-state index is 0.390. The van der Waals surface area contributed by atoms with Gasteiger partial charge >= 0.3 is 0 Å². The molecule has 0 aliphatic carbocycles. The second-order valence-electron chi connectivity index (χ2n) is 1.78. The van der Waals surface area contributed by atoms with Crippen molar-refractivity contribution in [3.05, 3.63) is 9.21 Å². The van der Waals surface area contributed by atoms with Crippen LogP contribution in [0.25, 0.3) is 0 Å². The van der Waals surface area contributed by atoms with Crippen molar-refractivity contribution >= 4 is 31.9 Å². The maximum absolute atomic E-state index is 5.08. The molecule has 0 fully saturated rings. The Hall–Kier alpha value is 0.0600. The molecule has 4 nitrogen and oxygen atoms in total. The number of hydrogen-bond acceptors (Lipinski definition) is 3. The predicted octanol–water partition coefficient (Wildman–Crippen LogP) is 1.80. The van der Waals surface area contributed by atoms with Gasteiger partial charge in [-0.2, -0.15) is 4.80 Å². The predicted molar refractivity (Wildman–Crippen MR) is 47.0 cm³/mol. The third kappa shape index (κ3) is 2.53. The average molecular weight is 285 g/mol. The molecular formula is C5H7Br2N3O. The summed E-state index contributed by atoms with van der Waals surface area (Å²) in [6.45, 7) is 2.98. The van der Waals surface area contributed by atoms with E-state index in [1.54, 1.807) is 0 Å². The smallest absolute Gasteiger partial charge is 0.162 e. The summed E-state index contributed by atoms with van der Waals surface area (Å²) in [6.07, 6.45) is 0. The topological polar surface area (TPSA) is 39.9 Å². The normalized spacial score (nSPS) is 10.5. The van der Waals surface area contributed by atoms with Crippen LogP contribution in [0.5, 0.6) is 0 Å². The summed E-state index contributed by atoms with van der Waals surface area (Å²) < 4.78 is 6.47. The molecule has 0 bridgehead atoms. The fraction of sp³-hybridized carbons (Fsp3) is 0.600. The summed E-state index contributed by atoms with van der Waals surface area (Å²) in [6, 6.07) is 0. The van der Waals surface area contributed by atoms with E-state index in [1.807, 2.05) is 6.92 Å². The van der Waals surface area contributed by atoms with Crippen LogP contribution in [0.1, 0.15) is 6.92 Å². The first-order chi connectivity index (χ1) is 5.24. The van der Waals surface area contributed by atoms with E-state index in [0.717, 1.165) is 0 Å². The van der Waals surface area contributed by atoms with Crippen LogP contribution in [-0.4, -0.2) is 21.6 Å². The van der Waals surface area contributed by atoms with E-state index in [9.17, 15) is 0 Å². The van der Waals surface area contributed by atoms with Gasteiger partial charge in [-0.3, -0.25) is 0 Å². The zero-order chi connectivity index (χ0) is 8.27. The van der Waals surface area contributed by atoms with Crippen LogP contribution in [-0.2, 0) is 11.5 Å². The van der Waals surface area contributed by atoms with Gasteiger partial charge in [0, 0.05) is 6.61 Å². The second-order valence-corrected chi connectivity index (χ2v) is 3.28. The summed E-state index contributed by atoms with van der Waals surface area (Å²) >= 11 is 6.42. The van der Waals surface area contributed by atoms with Crippen molar-refractivity contribution in [3.63, 3.8) is 0 Å². The van der Waals surface area contributed by atoms with E-state index in [-0.39, 0.29) is 0 Å². The largest absolute Gasteiger partial charge is 0.358 e. The number of nitrogens with zero attached hydrogens (tertiary/aromatic N) is 3. The molecule has 1 rings (SSSR count). The van der Waals surface area contributed by atoms with Gasteiger partial charge in [0.1, 0.15) is 0 Å². The van der Waals surface area contributed by atoms with Crippen molar-refractivity contribution in [3.8, 4) is 0 Å². The van der Waals surface area contributed by atoms with Gasteiger partial charge in [-0.25, -0.2) is 0 Å². The van der Waals surface area contributed by atoms with E-state index in [4.69, 9.17) is 4.74 Å². The molecule has 0 spiro atoms. The lowest BCUT2D eigenvalue weighted by atomic mass is 10.9. The molecule has 0 saturated carbocycles. The van der Waals surface area contributed by atoms with Gasteiger partial charge in [-0.05, 0) is 38.8 Å². The molecule has 0 aromatic carbocycles. The van der Waals surface area contributed by atoms with Gasteiger partial charge in [0.2, 0.25) is 0 Å². The third-order valence-electron chi connectivity index (χ3n) is 0.988. The lowest BCUT2D eigenvalue weighted by Crippen LogP contribution is -2.05. The Balaban J connectivity index is 2.58. The minimum Gasteiger partial charge on any atom is -0.358 e. The number of ether oxygens (including phenoxy) is 1. The van der Waals surface area contributed by atoms with Gasteiger partial charge in [-0.1, -0.05) is 0 Å². The zero-order valence-electron chi connectivity index (χ0n) is 5.92. The Morgan fingerprint density at radius 2 is 1.91 bits per heavy atom. The van der Waals surface area contributed by atoms with E-state index >= 15 is 0 Å². The van der Waals surface area contributed by atoms with Crippen LogP contribution >= 0.6 is 31.9 Å². The standard InChI is InChI=1S/C5H7Br2N3O/c1-2-11-3-10-8-4(6)5(7)9-10/h2-3H2,1H3. The first-order valence-corrected chi connectivity index (χ1v) is 4.66. The summed E-state index contributed by atoms with van der Waals surface area (Å²) in [5, 5.41) is 8.00. The van der Waals surface area contributed by atoms with Crippen molar-refractivity contribution in [2.24, 2.45) is 0 Å². The fourth-order valence-electron chi connectivity index (χ4n) is 0.538. The Bertz CT molecular complexity index is 218. The maximum Gasteiger partial charge on any atom is 0.162 e. The fourth-order valence-corrected chi connectivity index (χ4v) is 1.06. The molecule has 0 atom stereocenters. The van der Waals surface area contributed by atoms with E-state index in [0.29, 0.717) is 22.5 Å². The molecule has 1 aromatic heterocycles. The Morgan fingerprint density at radius 1 is 1.36 bits per heavy atom. The molecular weight excluding hydrogens is 278 g/mol. The van der Waals surface area contributed by atoms with Gasteiger partial charge in [0.05, 0.1) is 0 Å². The highest BCUT2D eigenvalue weighted by atomic mass is 79.9. The van der Waals surface area contributed by atoms with E-state index < -0.39 is 0 Å². The van der Waals surface area contributed by atoms with Crippen molar-refractivity contribution < 1.29 is 4.74 Å². The highest BCUT2D eigenvalue weighted by Crippen LogP contribution is 2.16. The molecule has 0 radical (unpaired) electrons. The number of rotatable bonds is 3. The highest BCUT2D eigenvalue weighted by molar-refractivity contribution is 9.13. The molecule has 11 heavy (non-hydrogen) atoms. The lowest BCUT2D eigenvalue weighted by molar-refractivity contribution is 0.0687. The van der Waals surface area contributed by atoms with Crippen LogP contribution in [0, 0.1) is 0 Å². The Morgan fingerprint density at radius 3 is 2.36 bits per heavy atom. The minimum atomic E-state index is 0.390. The third-order valence-corrected chi connectivity index (χ3v) is 2.59. The van der Waals surface area contributed by atoms with Crippen molar-refractivity contribution in [2.75, 3.05) is 6.61 Å². The number of hydrogen-bond donors (Lipinski definition) is 0. The molecule has 6 heteroatoms. The van der Waals surface area contributed by atoms with Crippen molar-refractivity contribution in [1.82, 2.24) is 15.0 Å². The molecule has 0 aliphatic rings. The molecule has 0 N–H and O–H groups in total. The lowest BCUT2D eigenvalue weighted by Gasteiger charge is -1.96. The van der Waals surface area contributed by atoms with Crippen LogP contribution in [0.4, 0.5) is 0 Å². The molecule has 0 unspecified atom stereocenters. The van der Waals surface area contributed by atoms with Crippen molar-refractivity contribution in [1.29, 1.82) is 0 Å². The Labute approximate surface area is 81.2 Å². The van der Waals surface area contributed by atoms with Crippen molar-refractivity contribution in [2.45, 2.75) is 13.7 Å². The summed E-state index contributed by atoms with van der Waals surface area (Å²) in [7, 11) is 0. The zero-order valence-corrected chi connectivity index (χ0v) is 9.09. The second kappa shape index (κ2) is 4.18. The highest BCUT2D eigenvalue weighted by Gasteiger charge is 2.03. The maximum atomic E-state index is 5.08. The van der Waals surface area contributed by atoms with E-state index in [1.165, 1.54) is 4.80 Å². The van der Waals surface area contributed by atoms with Gasteiger partial charge in [0.15, 0.2) is 15.9 Å². The average Bonchev–Trinajstić information content (AvgIpc) is 2.28. The van der Waals surface area contributed by atoms with Crippen LogP contribution in [0.3, 0.4) is 0 Å². The molecule has 0 amide bonds. The summed E-state index contributed by atoms with van der Waals surface area (Å²) in [5.41, 5.74) is 0. The number of aromatic nitrogens is 3. The van der Waals surface area contributed by atoms with Gasteiger partial charge < -0.3 is 4.74 Å². The first kappa shape index (κ1) is 9.15. The monoisotopic (exact) mass is 283 g/mol. The molecule has 0 saturated heterocycles. The van der Waals surface area contributed by atoms with Crippen LogP contribution < -0.4 is 0 Å². The van der Waals surface area contributed by atoms with E-state index in [2.05, 4.69) is 42.1 Å². The van der Waals surface area contributed by atoms with Gasteiger partial charge in [0.25, 0.3) is 0 Å². The molecule has 0 aliphatic heterocycles. The SMILES string of the molecule is CCOCn1nc(Br)c(Br)n1. The van der Waals surface area contributed by atoms with Gasteiger partial charge in [-0.15, -0.1) is 10.2 Å².